The maximum Gasteiger partial charge on any atom is 0.251 e. The molecule has 0 aliphatic rings. The van der Waals surface area contributed by atoms with Crippen molar-refractivity contribution >= 4 is 34.1 Å². The number of hydrogen-bond acceptors (Lipinski definition) is 3. The number of aromatic nitrogens is 1. The standard InChI is InChI=1S/C19H17ClN2O3/c1-11-7-13-8-12(3-5-15(13)22-19(11)24)9-18(23)21-16-10-14(20)4-6-17(16)25-2/h3-8,10H,9H2,1-2H3,(H,21,23)(H,22,24). The van der Waals surface area contributed by atoms with Crippen molar-refractivity contribution in [3.63, 3.8) is 0 Å². The van der Waals surface area contributed by atoms with E-state index in [2.05, 4.69) is 10.3 Å². The Morgan fingerprint density at radius 1 is 1.20 bits per heavy atom. The SMILES string of the molecule is COc1ccc(Cl)cc1NC(=O)Cc1ccc2[nH]c(=O)c(C)cc2c1. The van der Waals surface area contributed by atoms with Gasteiger partial charge in [0.25, 0.3) is 5.56 Å². The molecule has 0 bridgehead atoms. The van der Waals surface area contributed by atoms with Gasteiger partial charge in [-0.05, 0) is 54.3 Å². The highest BCUT2D eigenvalue weighted by atomic mass is 35.5. The number of halogens is 1. The van der Waals surface area contributed by atoms with Crippen molar-refractivity contribution in [1.29, 1.82) is 0 Å². The second kappa shape index (κ2) is 6.99. The van der Waals surface area contributed by atoms with E-state index in [1.807, 2.05) is 18.2 Å². The Bertz CT molecular complexity index is 1010. The van der Waals surface area contributed by atoms with Gasteiger partial charge < -0.3 is 15.0 Å². The van der Waals surface area contributed by atoms with Crippen molar-refractivity contribution in [2.45, 2.75) is 13.3 Å². The molecular weight excluding hydrogens is 340 g/mol. The van der Waals surface area contributed by atoms with Gasteiger partial charge >= 0.3 is 0 Å². The number of ether oxygens (including phenoxy) is 1. The molecule has 3 rings (SSSR count). The van der Waals surface area contributed by atoms with E-state index >= 15 is 0 Å². The third-order valence-corrected chi connectivity index (χ3v) is 4.13. The van der Waals surface area contributed by atoms with Gasteiger partial charge in [-0.3, -0.25) is 9.59 Å². The van der Waals surface area contributed by atoms with Crippen LogP contribution in [0.4, 0.5) is 5.69 Å². The van der Waals surface area contributed by atoms with Crippen LogP contribution in [-0.4, -0.2) is 18.0 Å². The topological polar surface area (TPSA) is 71.2 Å². The molecule has 0 unspecified atom stereocenters. The Balaban J connectivity index is 1.81. The van der Waals surface area contributed by atoms with Crippen molar-refractivity contribution in [3.05, 3.63) is 69.0 Å². The van der Waals surface area contributed by atoms with Crippen LogP contribution in [0.25, 0.3) is 10.9 Å². The van der Waals surface area contributed by atoms with Gasteiger partial charge in [-0.15, -0.1) is 0 Å². The summed E-state index contributed by atoms with van der Waals surface area (Å²) in [6.07, 6.45) is 0.198. The molecule has 0 atom stereocenters. The first-order valence-corrected chi connectivity index (χ1v) is 8.10. The van der Waals surface area contributed by atoms with Crippen molar-refractivity contribution in [2.75, 3.05) is 12.4 Å². The van der Waals surface area contributed by atoms with Crippen molar-refractivity contribution < 1.29 is 9.53 Å². The minimum Gasteiger partial charge on any atom is -0.495 e. The minimum atomic E-state index is -0.180. The summed E-state index contributed by atoms with van der Waals surface area (Å²) in [5.41, 5.74) is 2.65. The van der Waals surface area contributed by atoms with E-state index in [9.17, 15) is 9.59 Å². The molecule has 0 saturated carbocycles. The van der Waals surface area contributed by atoms with Crippen LogP contribution in [0.2, 0.25) is 5.02 Å². The second-order valence-electron chi connectivity index (χ2n) is 5.77. The van der Waals surface area contributed by atoms with Crippen molar-refractivity contribution in [2.24, 2.45) is 0 Å². The first-order chi connectivity index (χ1) is 12.0. The molecular formula is C19H17ClN2O3. The number of aromatic amines is 1. The maximum atomic E-state index is 12.4. The molecule has 1 amide bonds. The first-order valence-electron chi connectivity index (χ1n) is 7.72. The quantitative estimate of drug-likeness (QED) is 0.749. The smallest absolute Gasteiger partial charge is 0.251 e. The average molecular weight is 357 g/mol. The second-order valence-corrected chi connectivity index (χ2v) is 6.21. The van der Waals surface area contributed by atoms with Crippen LogP contribution >= 0.6 is 11.6 Å². The number of pyridine rings is 1. The van der Waals surface area contributed by atoms with Crippen LogP contribution in [0.1, 0.15) is 11.1 Å². The van der Waals surface area contributed by atoms with E-state index in [0.29, 0.717) is 22.0 Å². The van der Waals surface area contributed by atoms with Gasteiger partial charge in [0.05, 0.1) is 19.2 Å². The summed E-state index contributed by atoms with van der Waals surface area (Å²) in [6, 6.07) is 12.4. The van der Waals surface area contributed by atoms with Gasteiger partial charge in [-0.1, -0.05) is 17.7 Å². The summed E-state index contributed by atoms with van der Waals surface area (Å²) in [5.74, 6) is 0.366. The molecule has 5 nitrogen and oxygen atoms in total. The van der Waals surface area contributed by atoms with Crippen LogP contribution in [0.3, 0.4) is 0 Å². The lowest BCUT2D eigenvalue weighted by Crippen LogP contribution is -2.15. The molecule has 0 aliphatic heterocycles. The number of carbonyl (C=O) groups is 1. The largest absolute Gasteiger partial charge is 0.495 e. The lowest BCUT2D eigenvalue weighted by atomic mass is 10.1. The van der Waals surface area contributed by atoms with Crippen LogP contribution in [0, 0.1) is 6.92 Å². The zero-order valence-corrected chi connectivity index (χ0v) is 14.6. The molecule has 1 aromatic heterocycles. The van der Waals surface area contributed by atoms with Crippen LogP contribution < -0.4 is 15.6 Å². The van der Waals surface area contributed by atoms with Gasteiger partial charge in [-0.2, -0.15) is 0 Å². The summed E-state index contributed by atoms with van der Waals surface area (Å²) in [5, 5.41) is 4.22. The highest BCUT2D eigenvalue weighted by molar-refractivity contribution is 6.31. The predicted molar refractivity (Wildman–Crippen MR) is 99.6 cm³/mol. The number of methoxy groups -OCH3 is 1. The predicted octanol–water partition coefficient (Wildman–Crippen LogP) is 3.68. The fourth-order valence-corrected chi connectivity index (χ4v) is 2.80. The number of carbonyl (C=O) groups excluding carboxylic acids is 1. The summed E-state index contributed by atoms with van der Waals surface area (Å²) < 4.78 is 5.23. The molecule has 0 fully saturated rings. The molecule has 25 heavy (non-hydrogen) atoms. The van der Waals surface area contributed by atoms with Crippen LogP contribution in [0.15, 0.2) is 47.3 Å². The zero-order valence-electron chi connectivity index (χ0n) is 13.9. The number of amides is 1. The lowest BCUT2D eigenvalue weighted by Gasteiger charge is -2.11. The first kappa shape index (κ1) is 17.0. The highest BCUT2D eigenvalue weighted by Gasteiger charge is 2.10. The van der Waals surface area contributed by atoms with Gasteiger partial charge in [0.15, 0.2) is 0 Å². The Kier molecular flexibility index (Phi) is 4.76. The molecule has 0 radical (unpaired) electrons. The average Bonchev–Trinajstić information content (AvgIpc) is 2.56. The summed E-state index contributed by atoms with van der Waals surface area (Å²) >= 11 is 5.97. The highest BCUT2D eigenvalue weighted by Crippen LogP contribution is 2.27. The Morgan fingerprint density at radius 2 is 2.00 bits per heavy atom. The third kappa shape index (κ3) is 3.83. The molecule has 128 valence electrons. The molecule has 2 N–H and O–H groups in total. The molecule has 1 heterocycles. The van der Waals surface area contributed by atoms with Crippen molar-refractivity contribution in [3.8, 4) is 5.75 Å². The van der Waals surface area contributed by atoms with Crippen molar-refractivity contribution in [1.82, 2.24) is 4.98 Å². The molecule has 2 aromatic carbocycles. The van der Waals surface area contributed by atoms with E-state index < -0.39 is 0 Å². The van der Waals surface area contributed by atoms with E-state index in [1.54, 1.807) is 31.2 Å². The van der Waals surface area contributed by atoms with Crippen LogP contribution in [0.5, 0.6) is 5.75 Å². The number of nitrogens with one attached hydrogen (secondary N) is 2. The number of H-pyrrole nitrogens is 1. The number of aryl methyl sites for hydroxylation is 1. The third-order valence-electron chi connectivity index (χ3n) is 3.89. The Hall–Kier alpha value is -2.79. The number of benzene rings is 2. The molecule has 0 saturated heterocycles. The summed E-state index contributed by atoms with van der Waals surface area (Å²) in [6.45, 7) is 1.75. The number of rotatable bonds is 4. The van der Waals surface area contributed by atoms with E-state index in [0.717, 1.165) is 16.5 Å². The van der Waals surface area contributed by atoms with E-state index in [4.69, 9.17) is 16.3 Å². The summed E-state index contributed by atoms with van der Waals surface area (Å²) in [4.78, 5) is 26.8. The monoisotopic (exact) mass is 356 g/mol. The normalized spacial score (nSPS) is 10.7. The fraction of sp³-hybridized carbons (Fsp3) is 0.158. The van der Waals surface area contributed by atoms with Gasteiger partial charge in [-0.25, -0.2) is 0 Å². The fourth-order valence-electron chi connectivity index (χ4n) is 2.63. The Morgan fingerprint density at radius 3 is 2.76 bits per heavy atom. The molecule has 0 spiro atoms. The van der Waals surface area contributed by atoms with Gasteiger partial charge in [0.1, 0.15) is 5.75 Å². The van der Waals surface area contributed by atoms with E-state index in [1.165, 1.54) is 7.11 Å². The summed E-state index contributed by atoms with van der Waals surface area (Å²) in [7, 11) is 1.53. The number of fused-ring (bicyclic) bond motifs is 1. The number of hydrogen-bond donors (Lipinski definition) is 2. The molecule has 6 heteroatoms. The number of anilines is 1. The maximum absolute atomic E-state index is 12.4. The van der Waals surface area contributed by atoms with Gasteiger partial charge in [0.2, 0.25) is 5.91 Å². The van der Waals surface area contributed by atoms with E-state index in [-0.39, 0.29) is 17.9 Å². The van der Waals surface area contributed by atoms with Crippen LogP contribution in [-0.2, 0) is 11.2 Å². The zero-order chi connectivity index (χ0) is 18.0. The lowest BCUT2D eigenvalue weighted by molar-refractivity contribution is -0.115. The minimum absolute atomic E-state index is 0.106. The Labute approximate surface area is 149 Å². The van der Waals surface area contributed by atoms with Gasteiger partial charge in [0, 0.05) is 16.1 Å². The molecule has 0 aliphatic carbocycles. The molecule has 3 aromatic rings.